The number of carbonyl (C=O) groups excluding carboxylic acids is 1. The molecular formula is C14H14N2O2S. The molecule has 5 heteroatoms. The maximum atomic E-state index is 12.0. The van der Waals surface area contributed by atoms with E-state index in [0.29, 0.717) is 5.69 Å². The second kappa shape index (κ2) is 5.75. The van der Waals surface area contributed by atoms with Crippen molar-refractivity contribution in [3.8, 4) is 0 Å². The summed E-state index contributed by atoms with van der Waals surface area (Å²) in [5.74, 6) is -0.404. The molecule has 1 aromatic heterocycles. The van der Waals surface area contributed by atoms with Crippen molar-refractivity contribution < 1.29 is 4.79 Å². The molecule has 2 rings (SSSR count). The molecule has 0 radical (unpaired) electrons. The van der Waals surface area contributed by atoms with Gasteiger partial charge in [0.1, 0.15) is 5.56 Å². The quantitative estimate of drug-likeness (QED) is 0.846. The zero-order valence-corrected chi connectivity index (χ0v) is 11.5. The molecule has 0 spiro atoms. The van der Waals surface area contributed by atoms with Crippen LogP contribution in [0.15, 0.2) is 46.1 Å². The van der Waals surface area contributed by atoms with E-state index in [2.05, 4.69) is 10.3 Å². The minimum atomic E-state index is -0.404. The van der Waals surface area contributed by atoms with E-state index in [1.54, 1.807) is 24.8 Å². The van der Waals surface area contributed by atoms with Gasteiger partial charge in [0.2, 0.25) is 0 Å². The zero-order valence-electron chi connectivity index (χ0n) is 10.7. The number of aromatic nitrogens is 1. The van der Waals surface area contributed by atoms with Crippen molar-refractivity contribution in [1.29, 1.82) is 0 Å². The van der Waals surface area contributed by atoms with Gasteiger partial charge in [-0.1, -0.05) is 0 Å². The van der Waals surface area contributed by atoms with Crippen LogP contribution in [0.25, 0.3) is 0 Å². The Morgan fingerprint density at radius 3 is 2.42 bits per heavy atom. The fourth-order valence-corrected chi connectivity index (χ4v) is 2.03. The standard InChI is InChI=1S/C14H14N2O2S/c1-9-3-8-12(13(17)15-9)14(18)16-10-4-6-11(19-2)7-5-10/h3-8H,1-2H3,(H,15,17)(H,16,18). The maximum Gasteiger partial charge on any atom is 0.261 e. The number of aryl methyl sites for hydroxylation is 1. The third-order valence-corrected chi connectivity index (χ3v) is 3.39. The Morgan fingerprint density at radius 2 is 1.84 bits per heavy atom. The minimum absolute atomic E-state index is 0.111. The topological polar surface area (TPSA) is 62.0 Å². The van der Waals surface area contributed by atoms with Crippen LogP contribution in [0.1, 0.15) is 16.1 Å². The number of pyridine rings is 1. The molecule has 0 saturated carbocycles. The Labute approximate surface area is 115 Å². The van der Waals surface area contributed by atoms with E-state index < -0.39 is 5.91 Å². The lowest BCUT2D eigenvalue weighted by atomic mass is 10.2. The lowest BCUT2D eigenvalue weighted by Gasteiger charge is -2.05. The number of aromatic amines is 1. The highest BCUT2D eigenvalue weighted by molar-refractivity contribution is 7.98. The van der Waals surface area contributed by atoms with Crippen LogP contribution >= 0.6 is 11.8 Å². The van der Waals surface area contributed by atoms with Crippen molar-refractivity contribution in [2.24, 2.45) is 0 Å². The van der Waals surface area contributed by atoms with E-state index in [0.717, 1.165) is 10.6 Å². The summed E-state index contributed by atoms with van der Waals surface area (Å²) in [6, 6.07) is 10.7. The van der Waals surface area contributed by atoms with E-state index in [-0.39, 0.29) is 11.1 Å². The Balaban J connectivity index is 2.18. The lowest BCUT2D eigenvalue weighted by Crippen LogP contribution is -2.23. The Bertz CT molecular complexity index is 647. The molecule has 0 atom stereocenters. The molecular weight excluding hydrogens is 260 g/mol. The average Bonchev–Trinajstić information content (AvgIpc) is 2.39. The molecule has 2 N–H and O–H groups in total. The Morgan fingerprint density at radius 1 is 1.16 bits per heavy atom. The average molecular weight is 274 g/mol. The molecule has 0 aliphatic heterocycles. The molecule has 1 heterocycles. The van der Waals surface area contributed by atoms with Gasteiger partial charge in [-0.2, -0.15) is 0 Å². The highest BCUT2D eigenvalue weighted by Crippen LogP contribution is 2.17. The summed E-state index contributed by atoms with van der Waals surface area (Å²) in [6.07, 6.45) is 1.99. The number of hydrogen-bond donors (Lipinski definition) is 2. The third-order valence-electron chi connectivity index (χ3n) is 2.65. The molecule has 0 fully saturated rings. The van der Waals surface area contributed by atoms with Crippen LogP contribution in [0.5, 0.6) is 0 Å². The summed E-state index contributed by atoms with van der Waals surface area (Å²) >= 11 is 1.63. The minimum Gasteiger partial charge on any atom is -0.326 e. The van der Waals surface area contributed by atoms with Gasteiger partial charge < -0.3 is 10.3 Å². The first-order valence-electron chi connectivity index (χ1n) is 5.75. The van der Waals surface area contributed by atoms with E-state index in [1.165, 1.54) is 6.07 Å². The first-order chi connectivity index (χ1) is 9.10. The van der Waals surface area contributed by atoms with Gasteiger partial charge in [-0.15, -0.1) is 11.8 Å². The zero-order chi connectivity index (χ0) is 13.8. The van der Waals surface area contributed by atoms with Gasteiger partial charge in [0, 0.05) is 16.3 Å². The molecule has 1 aromatic carbocycles. The number of nitrogens with one attached hydrogen (secondary N) is 2. The summed E-state index contributed by atoms with van der Waals surface area (Å²) in [6.45, 7) is 1.77. The number of benzene rings is 1. The van der Waals surface area contributed by atoms with Crippen molar-refractivity contribution in [3.05, 3.63) is 58.0 Å². The van der Waals surface area contributed by atoms with Gasteiger partial charge in [-0.05, 0) is 49.6 Å². The molecule has 0 saturated heterocycles. The Hall–Kier alpha value is -2.01. The monoisotopic (exact) mass is 274 g/mol. The van der Waals surface area contributed by atoms with Gasteiger partial charge in [0.05, 0.1) is 0 Å². The second-order valence-electron chi connectivity index (χ2n) is 4.07. The number of thioether (sulfide) groups is 1. The maximum absolute atomic E-state index is 12.0. The summed E-state index contributed by atoms with van der Waals surface area (Å²) < 4.78 is 0. The first kappa shape index (κ1) is 13.4. The molecule has 0 aliphatic rings. The van der Waals surface area contributed by atoms with Crippen molar-refractivity contribution in [2.75, 3.05) is 11.6 Å². The van der Waals surface area contributed by atoms with Gasteiger partial charge in [-0.3, -0.25) is 9.59 Å². The van der Waals surface area contributed by atoms with Crippen LogP contribution in [0.2, 0.25) is 0 Å². The second-order valence-corrected chi connectivity index (χ2v) is 4.95. The number of H-pyrrole nitrogens is 1. The van der Waals surface area contributed by atoms with Crippen LogP contribution in [0.4, 0.5) is 5.69 Å². The molecule has 0 unspecified atom stereocenters. The third kappa shape index (κ3) is 3.26. The number of amides is 1. The molecule has 19 heavy (non-hydrogen) atoms. The van der Waals surface area contributed by atoms with Gasteiger partial charge >= 0.3 is 0 Å². The van der Waals surface area contributed by atoms with Crippen molar-refractivity contribution >= 4 is 23.4 Å². The molecule has 4 nitrogen and oxygen atoms in total. The van der Waals surface area contributed by atoms with Crippen molar-refractivity contribution in [1.82, 2.24) is 4.98 Å². The fraction of sp³-hybridized carbons (Fsp3) is 0.143. The fourth-order valence-electron chi connectivity index (χ4n) is 1.62. The predicted octanol–water partition coefficient (Wildman–Crippen LogP) is 2.66. The number of rotatable bonds is 3. The summed E-state index contributed by atoms with van der Waals surface area (Å²) in [7, 11) is 0. The first-order valence-corrected chi connectivity index (χ1v) is 6.98. The largest absolute Gasteiger partial charge is 0.326 e. The summed E-state index contributed by atoms with van der Waals surface area (Å²) in [5, 5.41) is 2.70. The smallest absolute Gasteiger partial charge is 0.261 e. The highest BCUT2D eigenvalue weighted by atomic mass is 32.2. The van der Waals surface area contributed by atoms with Crippen LogP contribution < -0.4 is 10.9 Å². The van der Waals surface area contributed by atoms with E-state index in [1.807, 2.05) is 30.5 Å². The van der Waals surface area contributed by atoms with Crippen molar-refractivity contribution in [3.63, 3.8) is 0 Å². The number of hydrogen-bond acceptors (Lipinski definition) is 3. The molecule has 2 aromatic rings. The predicted molar refractivity (Wildman–Crippen MR) is 78.0 cm³/mol. The van der Waals surface area contributed by atoms with Crippen molar-refractivity contribution in [2.45, 2.75) is 11.8 Å². The number of carbonyl (C=O) groups is 1. The van der Waals surface area contributed by atoms with E-state index in [9.17, 15) is 9.59 Å². The van der Waals surface area contributed by atoms with Crippen LogP contribution in [-0.4, -0.2) is 17.1 Å². The molecule has 0 aliphatic carbocycles. The van der Waals surface area contributed by atoms with Crippen LogP contribution in [0, 0.1) is 6.92 Å². The van der Waals surface area contributed by atoms with Gasteiger partial charge in [-0.25, -0.2) is 0 Å². The number of anilines is 1. The van der Waals surface area contributed by atoms with Crippen LogP contribution in [-0.2, 0) is 0 Å². The summed E-state index contributed by atoms with van der Waals surface area (Å²) in [4.78, 5) is 27.3. The lowest BCUT2D eigenvalue weighted by molar-refractivity contribution is 0.102. The van der Waals surface area contributed by atoms with Gasteiger partial charge in [0.25, 0.3) is 11.5 Å². The highest BCUT2D eigenvalue weighted by Gasteiger charge is 2.10. The van der Waals surface area contributed by atoms with E-state index >= 15 is 0 Å². The normalized spacial score (nSPS) is 10.2. The molecule has 0 bridgehead atoms. The van der Waals surface area contributed by atoms with E-state index in [4.69, 9.17) is 0 Å². The van der Waals surface area contributed by atoms with Crippen LogP contribution in [0.3, 0.4) is 0 Å². The SMILES string of the molecule is CSc1ccc(NC(=O)c2ccc(C)[nH]c2=O)cc1. The summed E-state index contributed by atoms with van der Waals surface area (Å²) in [5.41, 5.74) is 1.13. The molecule has 98 valence electrons. The molecule has 1 amide bonds. The Kier molecular flexibility index (Phi) is 4.06. The van der Waals surface area contributed by atoms with Gasteiger partial charge in [0.15, 0.2) is 0 Å².